The number of aryl methyl sites for hydroxylation is 2. The van der Waals surface area contributed by atoms with Gasteiger partial charge < -0.3 is 10.1 Å². The van der Waals surface area contributed by atoms with Crippen molar-refractivity contribution in [2.24, 2.45) is 0 Å². The van der Waals surface area contributed by atoms with Crippen LogP contribution in [0, 0.1) is 13.8 Å². The van der Waals surface area contributed by atoms with Crippen LogP contribution in [0.1, 0.15) is 17.5 Å². The Kier molecular flexibility index (Phi) is 5.23. The molecular weight excluding hydrogens is 286 g/mol. The molecule has 0 spiro atoms. The van der Waals surface area contributed by atoms with Crippen LogP contribution >= 0.6 is 11.6 Å². The van der Waals surface area contributed by atoms with Crippen LogP contribution in [0.25, 0.3) is 0 Å². The van der Waals surface area contributed by atoms with Crippen molar-refractivity contribution in [1.29, 1.82) is 0 Å². The molecule has 3 nitrogen and oxygen atoms in total. The lowest BCUT2D eigenvalue weighted by Crippen LogP contribution is -2.16. The first-order chi connectivity index (χ1) is 10.1. The summed E-state index contributed by atoms with van der Waals surface area (Å²) in [7, 11) is 0. The summed E-state index contributed by atoms with van der Waals surface area (Å²) in [5.41, 5.74) is 3.00. The van der Waals surface area contributed by atoms with Gasteiger partial charge in [-0.2, -0.15) is 0 Å². The maximum atomic E-state index is 11.9. The molecule has 0 bridgehead atoms. The average Bonchev–Trinajstić information content (AvgIpc) is 2.45. The first kappa shape index (κ1) is 15.4. The number of benzene rings is 2. The van der Waals surface area contributed by atoms with Gasteiger partial charge in [0.15, 0.2) is 0 Å². The molecule has 0 saturated heterocycles. The van der Waals surface area contributed by atoms with E-state index in [0.717, 1.165) is 16.8 Å². The predicted molar refractivity (Wildman–Crippen MR) is 86.1 cm³/mol. The van der Waals surface area contributed by atoms with Crippen molar-refractivity contribution in [3.8, 4) is 5.75 Å². The topological polar surface area (TPSA) is 38.3 Å². The van der Waals surface area contributed by atoms with Crippen LogP contribution in [0.3, 0.4) is 0 Å². The van der Waals surface area contributed by atoms with Gasteiger partial charge in [0, 0.05) is 10.7 Å². The smallest absolute Gasteiger partial charge is 0.227 e. The number of carbonyl (C=O) groups excluding carboxylic acids is 1. The monoisotopic (exact) mass is 303 g/mol. The standard InChI is InChI=1S/C17H18ClNO2/c1-12-4-3-5-13(2)17(12)19-16(20)10-11-21-15-8-6-14(18)7-9-15/h3-9H,10-11H2,1-2H3,(H,19,20). The van der Waals surface area contributed by atoms with Crippen LogP contribution in [0.15, 0.2) is 42.5 Å². The zero-order chi connectivity index (χ0) is 15.2. The third-order valence-electron chi connectivity index (χ3n) is 3.16. The van der Waals surface area contributed by atoms with Crippen molar-refractivity contribution < 1.29 is 9.53 Å². The van der Waals surface area contributed by atoms with E-state index in [1.165, 1.54) is 0 Å². The molecule has 0 saturated carbocycles. The van der Waals surface area contributed by atoms with Gasteiger partial charge in [-0.25, -0.2) is 0 Å². The number of hydrogen-bond acceptors (Lipinski definition) is 2. The van der Waals surface area contributed by atoms with E-state index in [4.69, 9.17) is 16.3 Å². The van der Waals surface area contributed by atoms with Gasteiger partial charge in [0.25, 0.3) is 0 Å². The number of carbonyl (C=O) groups is 1. The van der Waals surface area contributed by atoms with Crippen molar-refractivity contribution in [2.75, 3.05) is 11.9 Å². The van der Waals surface area contributed by atoms with Gasteiger partial charge >= 0.3 is 0 Å². The second-order valence-corrected chi connectivity index (χ2v) is 5.30. The van der Waals surface area contributed by atoms with Gasteiger partial charge in [0.2, 0.25) is 5.91 Å². The van der Waals surface area contributed by atoms with Crippen molar-refractivity contribution in [3.05, 3.63) is 58.6 Å². The van der Waals surface area contributed by atoms with Crippen LogP contribution < -0.4 is 10.1 Å². The molecule has 4 heteroatoms. The Balaban J connectivity index is 1.84. The van der Waals surface area contributed by atoms with E-state index >= 15 is 0 Å². The van der Waals surface area contributed by atoms with Crippen LogP contribution in [0.4, 0.5) is 5.69 Å². The molecule has 0 unspecified atom stereocenters. The lowest BCUT2D eigenvalue weighted by atomic mass is 10.1. The Morgan fingerprint density at radius 3 is 2.33 bits per heavy atom. The number of para-hydroxylation sites is 1. The number of rotatable bonds is 5. The molecule has 0 aromatic heterocycles. The van der Waals surface area contributed by atoms with Crippen molar-refractivity contribution in [2.45, 2.75) is 20.3 Å². The summed E-state index contributed by atoms with van der Waals surface area (Å²) >= 11 is 5.80. The van der Waals surface area contributed by atoms with Crippen LogP contribution in [0.5, 0.6) is 5.75 Å². The van der Waals surface area contributed by atoms with E-state index in [2.05, 4.69) is 5.32 Å². The maximum Gasteiger partial charge on any atom is 0.227 e. The number of ether oxygens (including phenoxy) is 1. The van der Waals surface area contributed by atoms with Gasteiger partial charge in [0.05, 0.1) is 13.0 Å². The van der Waals surface area contributed by atoms with Gasteiger partial charge in [0.1, 0.15) is 5.75 Å². The molecule has 2 aromatic rings. The first-order valence-corrected chi connectivity index (χ1v) is 7.18. The molecule has 1 N–H and O–H groups in total. The normalized spacial score (nSPS) is 10.2. The average molecular weight is 304 g/mol. The summed E-state index contributed by atoms with van der Waals surface area (Å²) in [4.78, 5) is 11.9. The number of hydrogen-bond donors (Lipinski definition) is 1. The third-order valence-corrected chi connectivity index (χ3v) is 3.41. The Hall–Kier alpha value is -2.00. The fraction of sp³-hybridized carbons (Fsp3) is 0.235. The highest BCUT2D eigenvalue weighted by molar-refractivity contribution is 6.30. The molecule has 2 aromatic carbocycles. The minimum atomic E-state index is -0.0543. The second-order valence-electron chi connectivity index (χ2n) is 4.87. The number of nitrogens with one attached hydrogen (secondary N) is 1. The van der Waals surface area contributed by atoms with Gasteiger partial charge in [-0.1, -0.05) is 29.8 Å². The summed E-state index contributed by atoms with van der Waals surface area (Å²) in [5.74, 6) is 0.653. The summed E-state index contributed by atoms with van der Waals surface area (Å²) in [6.07, 6.45) is 0.302. The van der Waals surface area contributed by atoms with Crippen LogP contribution in [-0.4, -0.2) is 12.5 Å². The van der Waals surface area contributed by atoms with Crippen LogP contribution in [0.2, 0.25) is 5.02 Å². The quantitative estimate of drug-likeness (QED) is 0.891. The lowest BCUT2D eigenvalue weighted by Gasteiger charge is -2.11. The Labute approximate surface area is 129 Å². The molecule has 0 aliphatic carbocycles. The Bertz CT molecular complexity index is 603. The first-order valence-electron chi connectivity index (χ1n) is 6.80. The Morgan fingerprint density at radius 1 is 1.10 bits per heavy atom. The predicted octanol–water partition coefficient (Wildman–Crippen LogP) is 4.36. The largest absolute Gasteiger partial charge is 0.493 e. The number of anilines is 1. The zero-order valence-corrected chi connectivity index (χ0v) is 12.9. The second kappa shape index (κ2) is 7.14. The molecule has 0 atom stereocenters. The molecule has 0 radical (unpaired) electrons. The molecular formula is C17H18ClNO2. The van der Waals surface area contributed by atoms with E-state index in [0.29, 0.717) is 23.8 Å². The fourth-order valence-corrected chi connectivity index (χ4v) is 2.13. The summed E-state index contributed by atoms with van der Waals surface area (Å²) in [6, 6.07) is 13.0. The Morgan fingerprint density at radius 2 is 1.71 bits per heavy atom. The van der Waals surface area contributed by atoms with Gasteiger partial charge in [-0.15, -0.1) is 0 Å². The molecule has 0 heterocycles. The summed E-state index contributed by atoms with van der Waals surface area (Å²) in [5, 5.41) is 3.60. The zero-order valence-electron chi connectivity index (χ0n) is 12.2. The molecule has 0 aliphatic rings. The van der Waals surface area contributed by atoms with E-state index in [9.17, 15) is 4.79 Å². The van der Waals surface area contributed by atoms with Crippen molar-refractivity contribution in [1.82, 2.24) is 0 Å². The molecule has 1 amide bonds. The SMILES string of the molecule is Cc1cccc(C)c1NC(=O)CCOc1ccc(Cl)cc1. The maximum absolute atomic E-state index is 11.9. The van der Waals surface area contributed by atoms with Gasteiger partial charge in [-0.3, -0.25) is 4.79 Å². The molecule has 21 heavy (non-hydrogen) atoms. The van der Waals surface area contributed by atoms with Crippen molar-refractivity contribution in [3.63, 3.8) is 0 Å². The third kappa shape index (κ3) is 4.50. The summed E-state index contributed by atoms with van der Waals surface area (Å²) in [6.45, 7) is 4.29. The van der Waals surface area contributed by atoms with E-state index < -0.39 is 0 Å². The van der Waals surface area contributed by atoms with E-state index in [-0.39, 0.29) is 5.91 Å². The van der Waals surface area contributed by atoms with Gasteiger partial charge in [-0.05, 0) is 49.2 Å². The molecule has 110 valence electrons. The van der Waals surface area contributed by atoms with Crippen LogP contribution in [-0.2, 0) is 4.79 Å². The minimum absolute atomic E-state index is 0.0543. The minimum Gasteiger partial charge on any atom is -0.493 e. The lowest BCUT2D eigenvalue weighted by molar-refractivity contribution is -0.116. The summed E-state index contributed by atoms with van der Waals surface area (Å²) < 4.78 is 5.51. The number of amides is 1. The van der Waals surface area contributed by atoms with Crippen molar-refractivity contribution >= 4 is 23.2 Å². The van der Waals surface area contributed by atoms with E-state index in [1.54, 1.807) is 24.3 Å². The number of halogens is 1. The molecule has 0 aliphatic heterocycles. The highest BCUT2D eigenvalue weighted by atomic mass is 35.5. The molecule has 2 rings (SSSR count). The fourth-order valence-electron chi connectivity index (χ4n) is 2.01. The highest BCUT2D eigenvalue weighted by Crippen LogP contribution is 2.20. The van der Waals surface area contributed by atoms with E-state index in [1.807, 2.05) is 32.0 Å². The molecule has 0 fully saturated rings. The highest BCUT2D eigenvalue weighted by Gasteiger charge is 2.07.